The molecule has 1 aromatic rings. The number of benzene rings is 1. The topological polar surface area (TPSA) is 21.3 Å². The van der Waals surface area contributed by atoms with Crippen LogP contribution in [0.5, 0.6) is 0 Å². The van der Waals surface area contributed by atoms with E-state index in [0.717, 1.165) is 23.8 Å². The molecule has 2 rings (SSSR count). The van der Waals surface area contributed by atoms with Crippen molar-refractivity contribution in [1.29, 1.82) is 0 Å². The highest BCUT2D eigenvalue weighted by atomic mass is 32.2. The molecule has 112 valence electrons. The van der Waals surface area contributed by atoms with Crippen molar-refractivity contribution in [3.05, 3.63) is 29.6 Å². The monoisotopic (exact) mass is 297 g/mol. The van der Waals surface area contributed by atoms with E-state index in [4.69, 9.17) is 4.74 Å². The van der Waals surface area contributed by atoms with Crippen molar-refractivity contribution in [1.82, 2.24) is 5.32 Å². The Morgan fingerprint density at radius 2 is 2.15 bits per heavy atom. The normalized spacial score (nSPS) is 15.9. The third kappa shape index (κ3) is 5.08. The zero-order chi connectivity index (χ0) is 14.2. The van der Waals surface area contributed by atoms with Crippen LogP contribution in [0.25, 0.3) is 0 Å². The van der Waals surface area contributed by atoms with E-state index in [9.17, 15) is 4.39 Å². The summed E-state index contributed by atoms with van der Waals surface area (Å²) in [6, 6.07) is 5.13. The third-order valence-electron chi connectivity index (χ3n) is 3.77. The summed E-state index contributed by atoms with van der Waals surface area (Å²) in [5, 5.41) is 3.29. The first-order valence-corrected chi connectivity index (χ1v) is 8.39. The number of hydrogen-bond donors (Lipinski definition) is 1. The van der Waals surface area contributed by atoms with Crippen molar-refractivity contribution in [3.8, 4) is 0 Å². The van der Waals surface area contributed by atoms with Gasteiger partial charge in [0.05, 0.1) is 6.61 Å². The fraction of sp³-hybridized carbons (Fsp3) is 0.625. The van der Waals surface area contributed by atoms with Gasteiger partial charge in [0, 0.05) is 30.8 Å². The van der Waals surface area contributed by atoms with Gasteiger partial charge in [0.25, 0.3) is 0 Å². The van der Waals surface area contributed by atoms with Crippen molar-refractivity contribution in [2.24, 2.45) is 5.92 Å². The summed E-state index contributed by atoms with van der Waals surface area (Å²) < 4.78 is 18.4. The lowest BCUT2D eigenvalue weighted by molar-refractivity contribution is 0.199. The van der Waals surface area contributed by atoms with Crippen LogP contribution in [-0.4, -0.2) is 26.0 Å². The minimum Gasteiger partial charge on any atom is -0.383 e. The minimum absolute atomic E-state index is 0.154. The molecule has 0 amide bonds. The Balaban J connectivity index is 1.88. The molecule has 1 saturated carbocycles. The van der Waals surface area contributed by atoms with E-state index in [-0.39, 0.29) is 5.82 Å². The number of hydrogen-bond acceptors (Lipinski definition) is 3. The summed E-state index contributed by atoms with van der Waals surface area (Å²) in [5.41, 5.74) is 1.06. The van der Waals surface area contributed by atoms with Crippen LogP contribution in [-0.2, 0) is 11.3 Å². The van der Waals surface area contributed by atoms with Gasteiger partial charge in [0.1, 0.15) is 5.82 Å². The molecule has 1 aromatic carbocycles. The zero-order valence-electron chi connectivity index (χ0n) is 12.2. The summed E-state index contributed by atoms with van der Waals surface area (Å²) in [6.07, 6.45) is 5.46. The van der Waals surface area contributed by atoms with E-state index < -0.39 is 0 Å². The van der Waals surface area contributed by atoms with Gasteiger partial charge in [0.15, 0.2) is 0 Å². The van der Waals surface area contributed by atoms with Crippen LogP contribution in [0.1, 0.15) is 31.2 Å². The van der Waals surface area contributed by atoms with Crippen molar-refractivity contribution >= 4 is 11.8 Å². The molecule has 1 aliphatic rings. The number of nitrogens with one attached hydrogen (secondary N) is 1. The highest BCUT2D eigenvalue weighted by Crippen LogP contribution is 2.32. The van der Waals surface area contributed by atoms with E-state index in [2.05, 4.69) is 5.32 Å². The SMILES string of the molecule is COCCNCc1cc(F)ccc1SCC1CCCC1. The first-order chi connectivity index (χ1) is 9.79. The minimum atomic E-state index is -0.154. The van der Waals surface area contributed by atoms with E-state index in [0.29, 0.717) is 13.2 Å². The molecule has 4 heteroatoms. The quantitative estimate of drug-likeness (QED) is 0.582. The summed E-state index contributed by atoms with van der Waals surface area (Å²) in [7, 11) is 1.69. The van der Waals surface area contributed by atoms with Gasteiger partial charge >= 0.3 is 0 Å². The van der Waals surface area contributed by atoms with Gasteiger partial charge < -0.3 is 10.1 Å². The highest BCUT2D eigenvalue weighted by molar-refractivity contribution is 7.99. The average Bonchev–Trinajstić information content (AvgIpc) is 2.96. The van der Waals surface area contributed by atoms with Crippen molar-refractivity contribution in [2.45, 2.75) is 37.1 Å². The summed E-state index contributed by atoms with van der Waals surface area (Å²) in [6.45, 7) is 2.17. The molecule has 0 aromatic heterocycles. The molecule has 0 spiro atoms. The number of methoxy groups -OCH3 is 1. The van der Waals surface area contributed by atoms with Gasteiger partial charge in [-0.3, -0.25) is 0 Å². The second-order valence-electron chi connectivity index (χ2n) is 5.38. The third-order valence-corrected chi connectivity index (χ3v) is 5.12. The van der Waals surface area contributed by atoms with Crippen LogP contribution in [0.3, 0.4) is 0 Å². The Labute approximate surface area is 125 Å². The lowest BCUT2D eigenvalue weighted by atomic mass is 10.1. The van der Waals surface area contributed by atoms with E-state index in [1.54, 1.807) is 19.2 Å². The molecule has 0 aliphatic heterocycles. The number of ether oxygens (including phenoxy) is 1. The fourth-order valence-electron chi connectivity index (χ4n) is 2.61. The molecule has 1 aliphatic carbocycles. The molecule has 1 N–H and O–H groups in total. The number of rotatable bonds is 8. The van der Waals surface area contributed by atoms with Crippen molar-refractivity contribution in [2.75, 3.05) is 26.0 Å². The Morgan fingerprint density at radius 3 is 2.90 bits per heavy atom. The molecule has 1 fully saturated rings. The first kappa shape index (κ1) is 15.8. The van der Waals surface area contributed by atoms with E-state index in [1.807, 2.05) is 17.8 Å². The molecular weight excluding hydrogens is 273 g/mol. The Hall–Kier alpha value is -0.580. The maximum atomic E-state index is 13.4. The van der Waals surface area contributed by atoms with Crippen LogP contribution in [0, 0.1) is 11.7 Å². The van der Waals surface area contributed by atoms with Gasteiger partial charge in [-0.2, -0.15) is 0 Å². The fourth-order valence-corrected chi connectivity index (χ4v) is 3.84. The smallest absolute Gasteiger partial charge is 0.123 e. The predicted octanol–water partition coefficient (Wildman–Crippen LogP) is 3.84. The maximum Gasteiger partial charge on any atom is 0.123 e. The second-order valence-corrected chi connectivity index (χ2v) is 6.44. The molecule has 0 atom stereocenters. The van der Waals surface area contributed by atoms with Gasteiger partial charge in [-0.25, -0.2) is 4.39 Å². The highest BCUT2D eigenvalue weighted by Gasteiger charge is 2.16. The van der Waals surface area contributed by atoms with Gasteiger partial charge in [-0.15, -0.1) is 11.8 Å². The maximum absolute atomic E-state index is 13.4. The van der Waals surface area contributed by atoms with Crippen LogP contribution in [0.4, 0.5) is 4.39 Å². The summed E-state index contributed by atoms with van der Waals surface area (Å²) >= 11 is 1.88. The van der Waals surface area contributed by atoms with Crippen LogP contribution >= 0.6 is 11.8 Å². The van der Waals surface area contributed by atoms with Crippen molar-refractivity contribution < 1.29 is 9.13 Å². The lowest BCUT2D eigenvalue weighted by Gasteiger charge is -2.13. The molecule has 0 saturated heterocycles. The van der Waals surface area contributed by atoms with Gasteiger partial charge in [-0.1, -0.05) is 12.8 Å². The van der Waals surface area contributed by atoms with E-state index >= 15 is 0 Å². The molecule has 0 heterocycles. The van der Waals surface area contributed by atoms with Crippen LogP contribution in [0.2, 0.25) is 0 Å². The Morgan fingerprint density at radius 1 is 1.35 bits per heavy atom. The number of halogens is 1. The lowest BCUT2D eigenvalue weighted by Crippen LogP contribution is -2.19. The molecule has 0 bridgehead atoms. The first-order valence-electron chi connectivity index (χ1n) is 7.40. The Kier molecular flexibility index (Phi) is 6.83. The van der Waals surface area contributed by atoms with Gasteiger partial charge in [0.2, 0.25) is 0 Å². The summed E-state index contributed by atoms with van der Waals surface area (Å²) in [5.74, 6) is 1.86. The predicted molar refractivity (Wildman–Crippen MR) is 82.7 cm³/mol. The second kappa shape index (κ2) is 8.65. The molecule has 0 radical (unpaired) electrons. The molecule has 20 heavy (non-hydrogen) atoms. The van der Waals surface area contributed by atoms with Gasteiger partial charge in [-0.05, 0) is 42.5 Å². The van der Waals surface area contributed by atoms with Crippen LogP contribution < -0.4 is 5.32 Å². The van der Waals surface area contributed by atoms with E-state index in [1.165, 1.54) is 30.6 Å². The Bertz CT molecular complexity index is 407. The van der Waals surface area contributed by atoms with Crippen LogP contribution in [0.15, 0.2) is 23.1 Å². The molecule has 2 nitrogen and oxygen atoms in total. The summed E-state index contributed by atoms with van der Waals surface area (Å²) in [4.78, 5) is 1.21. The average molecular weight is 297 g/mol. The largest absolute Gasteiger partial charge is 0.383 e. The van der Waals surface area contributed by atoms with Crippen molar-refractivity contribution in [3.63, 3.8) is 0 Å². The number of thioether (sulfide) groups is 1. The standard InChI is InChI=1S/C16H24FNOS/c1-19-9-8-18-11-14-10-15(17)6-7-16(14)20-12-13-4-2-3-5-13/h6-7,10,13,18H,2-5,8-9,11-12H2,1H3. The molecule has 0 unspecified atom stereocenters. The zero-order valence-corrected chi connectivity index (χ0v) is 13.0. The molecular formula is C16H24FNOS.